The van der Waals surface area contributed by atoms with E-state index >= 15 is 0 Å². The Morgan fingerprint density at radius 2 is 1.61 bits per heavy atom. The normalized spacial score (nSPS) is 20.9. The molecule has 0 bridgehead atoms. The monoisotopic (exact) mass is 366 g/mol. The van der Waals surface area contributed by atoms with Crippen LogP contribution in [0.25, 0.3) is 17.2 Å². The maximum Gasteiger partial charge on any atom is 0.125 e. The highest BCUT2D eigenvalue weighted by molar-refractivity contribution is 5.79. The zero-order valence-electron chi connectivity index (χ0n) is 16.0. The molecule has 2 atom stereocenters. The van der Waals surface area contributed by atoms with Gasteiger partial charge in [0.1, 0.15) is 11.6 Å². The van der Waals surface area contributed by atoms with Crippen LogP contribution in [0.15, 0.2) is 84.9 Å². The fourth-order valence-electron chi connectivity index (χ4n) is 4.41. The summed E-state index contributed by atoms with van der Waals surface area (Å²) in [5.41, 5.74) is 4.39. The maximum atomic E-state index is 5.35. The molecule has 0 radical (unpaired) electrons. The van der Waals surface area contributed by atoms with E-state index in [4.69, 9.17) is 9.72 Å². The molecule has 0 N–H and O–H groups in total. The number of hydrogen-bond acceptors (Lipinski definition) is 2. The second-order valence-corrected chi connectivity index (χ2v) is 7.45. The van der Waals surface area contributed by atoms with Crippen LogP contribution in [0.2, 0.25) is 0 Å². The van der Waals surface area contributed by atoms with Gasteiger partial charge >= 0.3 is 0 Å². The third kappa shape index (κ3) is 2.40. The molecule has 1 aliphatic heterocycles. The molecule has 1 aromatic heterocycles. The van der Waals surface area contributed by atoms with Gasteiger partial charge in [0.15, 0.2) is 0 Å². The van der Waals surface area contributed by atoms with Crippen LogP contribution >= 0.6 is 0 Å². The van der Waals surface area contributed by atoms with Gasteiger partial charge in [-0.1, -0.05) is 60.7 Å². The number of imidazole rings is 1. The highest BCUT2D eigenvalue weighted by Gasteiger charge is 2.43. The number of hydrogen-bond donors (Lipinski definition) is 0. The van der Waals surface area contributed by atoms with E-state index in [1.54, 1.807) is 7.11 Å². The molecule has 1 aliphatic rings. The van der Waals surface area contributed by atoms with Gasteiger partial charge in [-0.3, -0.25) is 0 Å². The van der Waals surface area contributed by atoms with Crippen molar-refractivity contribution in [2.75, 3.05) is 7.11 Å². The third-order valence-electron chi connectivity index (χ3n) is 5.96. The number of aromatic nitrogens is 2. The summed E-state index contributed by atoms with van der Waals surface area (Å²) >= 11 is 0. The van der Waals surface area contributed by atoms with Gasteiger partial charge in [-0.05, 0) is 42.3 Å². The lowest BCUT2D eigenvalue weighted by molar-refractivity contribution is 0.414. The number of methoxy groups -OCH3 is 1. The lowest BCUT2D eigenvalue weighted by Gasteiger charge is -2.39. The lowest BCUT2D eigenvalue weighted by Crippen LogP contribution is -2.36. The maximum absolute atomic E-state index is 5.35. The molecule has 138 valence electrons. The number of para-hydroxylation sites is 2. The van der Waals surface area contributed by atoms with E-state index in [0.29, 0.717) is 0 Å². The van der Waals surface area contributed by atoms with Crippen LogP contribution in [0.1, 0.15) is 29.8 Å². The molecule has 0 amide bonds. The van der Waals surface area contributed by atoms with Crippen molar-refractivity contribution < 1.29 is 4.74 Å². The van der Waals surface area contributed by atoms with Gasteiger partial charge in [-0.2, -0.15) is 0 Å². The molecule has 3 aromatic carbocycles. The van der Waals surface area contributed by atoms with Crippen LogP contribution in [0, 0.1) is 0 Å². The van der Waals surface area contributed by atoms with Crippen LogP contribution in [-0.4, -0.2) is 16.7 Å². The van der Waals surface area contributed by atoms with Gasteiger partial charge in [0.2, 0.25) is 0 Å². The van der Waals surface area contributed by atoms with Gasteiger partial charge in [-0.15, -0.1) is 0 Å². The molecular formula is C25H22N2O. The highest BCUT2D eigenvalue weighted by atomic mass is 16.5. The fraction of sp³-hybridized carbons (Fsp3) is 0.160. The minimum absolute atomic E-state index is 0.171. The SMILES string of the molecule is COc1ccc(C2C=Cn3c(nc4ccccc43)C2(C)c2ccccc2)cc1. The van der Waals surface area contributed by atoms with Crippen molar-refractivity contribution in [1.82, 2.24) is 9.55 Å². The Labute approximate surface area is 164 Å². The number of fused-ring (bicyclic) bond motifs is 3. The summed E-state index contributed by atoms with van der Waals surface area (Å²) in [6, 6.07) is 27.4. The number of benzene rings is 3. The molecule has 5 rings (SSSR count). The molecule has 4 aromatic rings. The van der Waals surface area contributed by atoms with E-state index in [0.717, 1.165) is 22.6 Å². The van der Waals surface area contributed by atoms with Crippen LogP contribution in [0.4, 0.5) is 0 Å². The van der Waals surface area contributed by atoms with Crippen molar-refractivity contribution in [2.45, 2.75) is 18.3 Å². The smallest absolute Gasteiger partial charge is 0.125 e. The Bertz CT molecular complexity index is 1160. The second-order valence-electron chi connectivity index (χ2n) is 7.45. The van der Waals surface area contributed by atoms with Crippen molar-refractivity contribution >= 4 is 17.2 Å². The molecule has 28 heavy (non-hydrogen) atoms. The van der Waals surface area contributed by atoms with Crippen molar-refractivity contribution in [3.05, 3.63) is 102 Å². The Hall–Kier alpha value is -3.33. The number of rotatable bonds is 3. The predicted molar refractivity (Wildman–Crippen MR) is 114 cm³/mol. The Morgan fingerprint density at radius 1 is 0.893 bits per heavy atom. The van der Waals surface area contributed by atoms with E-state index in [1.807, 2.05) is 18.2 Å². The number of nitrogens with zero attached hydrogens (tertiary/aromatic N) is 2. The molecular weight excluding hydrogens is 344 g/mol. The number of ether oxygens (including phenoxy) is 1. The van der Waals surface area contributed by atoms with Crippen molar-refractivity contribution in [3.63, 3.8) is 0 Å². The molecule has 0 saturated carbocycles. The zero-order valence-corrected chi connectivity index (χ0v) is 16.0. The first-order chi connectivity index (χ1) is 13.7. The van der Waals surface area contributed by atoms with Crippen LogP contribution < -0.4 is 4.74 Å². The standard InChI is InChI=1S/C25H22N2O/c1-25(19-8-4-3-5-9-19)21(18-12-14-20(28-2)15-13-18)16-17-27-23-11-7-6-10-22(23)26-24(25)27/h3-17,21H,1-2H3. The largest absolute Gasteiger partial charge is 0.497 e. The fourth-order valence-corrected chi connectivity index (χ4v) is 4.41. The van der Waals surface area contributed by atoms with Crippen molar-refractivity contribution in [2.24, 2.45) is 0 Å². The molecule has 3 heteroatoms. The van der Waals surface area contributed by atoms with E-state index < -0.39 is 0 Å². The topological polar surface area (TPSA) is 27.1 Å². The molecule has 2 heterocycles. The van der Waals surface area contributed by atoms with Gasteiger partial charge in [0.25, 0.3) is 0 Å². The van der Waals surface area contributed by atoms with Crippen LogP contribution in [0.5, 0.6) is 5.75 Å². The van der Waals surface area contributed by atoms with Crippen LogP contribution in [-0.2, 0) is 5.41 Å². The third-order valence-corrected chi connectivity index (χ3v) is 5.96. The molecule has 3 nitrogen and oxygen atoms in total. The van der Waals surface area contributed by atoms with E-state index in [1.165, 1.54) is 11.1 Å². The summed E-state index contributed by atoms with van der Waals surface area (Å²) in [5.74, 6) is 2.12. The zero-order chi connectivity index (χ0) is 19.1. The Morgan fingerprint density at radius 3 is 2.36 bits per heavy atom. The van der Waals surface area contributed by atoms with Gasteiger partial charge < -0.3 is 9.30 Å². The van der Waals surface area contributed by atoms with Crippen molar-refractivity contribution in [3.8, 4) is 5.75 Å². The summed E-state index contributed by atoms with van der Waals surface area (Å²) in [7, 11) is 1.70. The number of allylic oxidation sites excluding steroid dienone is 1. The first-order valence-electron chi connectivity index (χ1n) is 9.57. The minimum Gasteiger partial charge on any atom is -0.497 e. The average molecular weight is 366 g/mol. The Kier molecular flexibility index (Phi) is 3.83. The molecule has 0 saturated heterocycles. The van der Waals surface area contributed by atoms with Crippen LogP contribution in [0.3, 0.4) is 0 Å². The highest BCUT2D eigenvalue weighted by Crippen LogP contribution is 2.48. The Balaban J connectivity index is 1.76. The van der Waals surface area contributed by atoms with Crippen molar-refractivity contribution in [1.29, 1.82) is 0 Å². The first kappa shape index (κ1) is 16.8. The molecule has 0 aliphatic carbocycles. The van der Waals surface area contributed by atoms with E-state index in [9.17, 15) is 0 Å². The molecule has 2 unspecified atom stereocenters. The quantitative estimate of drug-likeness (QED) is 0.471. The van der Waals surface area contributed by atoms with Gasteiger partial charge in [0, 0.05) is 12.1 Å². The summed E-state index contributed by atoms with van der Waals surface area (Å²) < 4.78 is 7.59. The summed E-state index contributed by atoms with van der Waals surface area (Å²) in [6.45, 7) is 2.30. The summed E-state index contributed by atoms with van der Waals surface area (Å²) in [6.07, 6.45) is 4.47. The summed E-state index contributed by atoms with van der Waals surface area (Å²) in [5, 5.41) is 0. The predicted octanol–water partition coefficient (Wildman–Crippen LogP) is 5.62. The molecule has 0 spiro atoms. The van der Waals surface area contributed by atoms with E-state index in [2.05, 4.69) is 84.4 Å². The van der Waals surface area contributed by atoms with Gasteiger partial charge in [0.05, 0.1) is 23.6 Å². The summed E-state index contributed by atoms with van der Waals surface area (Å²) in [4.78, 5) is 5.08. The first-order valence-corrected chi connectivity index (χ1v) is 9.57. The lowest BCUT2D eigenvalue weighted by atomic mass is 9.67. The minimum atomic E-state index is -0.288. The molecule has 0 fully saturated rings. The average Bonchev–Trinajstić information content (AvgIpc) is 3.15. The van der Waals surface area contributed by atoms with Gasteiger partial charge in [-0.25, -0.2) is 4.98 Å². The second kappa shape index (κ2) is 6.38. The van der Waals surface area contributed by atoms with E-state index in [-0.39, 0.29) is 11.3 Å².